The van der Waals surface area contributed by atoms with Crippen LogP contribution in [0.15, 0.2) is 36.5 Å². The molecule has 0 rings (SSSR count). The van der Waals surface area contributed by atoms with Gasteiger partial charge in [-0.2, -0.15) is 0 Å². The summed E-state index contributed by atoms with van der Waals surface area (Å²) in [7, 11) is 1.24. The summed E-state index contributed by atoms with van der Waals surface area (Å²) in [5.41, 5.74) is 0. The Kier molecular flexibility index (Phi) is 28.1. The molecule has 0 spiro atoms. The molecule has 0 heterocycles. The van der Waals surface area contributed by atoms with Crippen LogP contribution in [0.1, 0.15) is 136 Å². The lowest BCUT2D eigenvalue weighted by atomic mass is 10.1. The number of aliphatic hydroxyl groups excluding tert-OH is 1. The normalized spacial score (nSPS) is 15.3. The van der Waals surface area contributed by atoms with Gasteiger partial charge in [0.15, 0.2) is 0 Å². The van der Waals surface area contributed by atoms with Gasteiger partial charge < -0.3 is 28.8 Å². The average Bonchev–Trinajstić information content (AvgIpc) is 2.97. The number of aliphatic hydroxyl groups is 1. The molecule has 0 aromatic heterocycles. The number of amides is 1. The first-order valence-electron chi connectivity index (χ1n) is 17.9. The molecule has 0 aliphatic rings. The summed E-state index contributed by atoms with van der Waals surface area (Å²) >= 11 is 0. The van der Waals surface area contributed by atoms with Crippen molar-refractivity contribution in [3.63, 3.8) is 0 Å². The molecule has 0 aliphatic heterocycles. The summed E-state index contributed by atoms with van der Waals surface area (Å²) in [5.74, 6) is -0.215. The highest BCUT2D eigenvalue weighted by atomic mass is 31.2. The molecular formula is C36H69N2O6P. The summed E-state index contributed by atoms with van der Waals surface area (Å²) in [4.78, 5) is 25.0. The van der Waals surface area contributed by atoms with Crippen molar-refractivity contribution in [2.45, 2.75) is 148 Å². The predicted molar refractivity (Wildman–Crippen MR) is 187 cm³/mol. The van der Waals surface area contributed by atoms with Crippen LogP contribution >= 0.6 is 7.82 Å². The molecule has 0 saturated heterocycles. The van der Waals surface area contributed by atoms with E-state index in [2.05, 4.69) is 43.5 Å². The molecule has 45 heavy (non-hydrogen) atoms. The van der Waals surface area contributed by atoms with E-state index in [1.165, 1.54) is 51.4 Å². The number of allylic oxidation sites excluding steroid dienone is 5. The topological polar surface area (TPSA) is 108 Å². The number of likely N-dealkylation sites (N-methyl/N-ethyl adjacent to an activating group) is 1. The number of rotatable bonds is 31. The molecule has 0 aromatic rings. The van der Waals surface area contributed by atoms with Crippen molar-refractivity contribution < 1.29 is 32.9 Å². The molecule has 3 unspecified atom stereocenters. The quantitative estimate of drug-likeness (QED) is 0.0337. The summed E-state index contributed by atoms with van der Waals surface area (Å²) in [6, 6.07) is -0.885. The lowest BCUT2D eigenvalue weighted by Crippen LogP contribution is -2.45. The van der Waals surface area contributed by atoms with Crippen molar-refractivity contribution in [2.75, 3.05) is 40.9 Å². The number of hydrogen-bond acceptors (Lipinski definition) is 6. The van der Waals surface area contributed by atoms with Gasteiger partial charge in [-0.05, 0) is 51.4 Å². The van der Waals surface area contributed by atoms with Crippen molar-refractivity contribution in [1.82, 2.24) is 5.32 Å². The molecule has 0 saturated carbocycles. The summed E-state index contributed by atoms with van der Waals surface area (Å²) in [6.45, 7) is 4.50. The number of phosphoric acid groups is 1. The minimum atomic E-state index is -4.57. The lowest BCUT2D eigenvalue weighted by Gasteiger charge is -2.29. The van der Waals surface area contributed by atoms with Gasteiger partial charge in [0, 0.05) is 6.42 Å². The molecule has 8 nitrogen and oxygen atoms in total. The zero-order chi connectivity index (χ0) is 33.7. The fraction of sp³-hybridized carbons (Fsp3) is 0.806. The number of phosphoric ester groups is 1. The fourth-order valence-corrected chi connectivity index (χ4v) is 5.37. The van der Waals surface area contributed by atoms with Crippen LogP contribution in [0.5, 0.6) is 0 Å². The Bertz CT molecular complexity index is 840. The monoisotopic (exact) mass is 656 g/mol. The van der Waals surface area contributed by atoms with E-state index >= 15 is 0 Å². The van der Waals surface area contributed by atoms with Crippen LogP contribution in [0.4, 0.5) is 0 Å². The number of hydrogen-bond donors (Lipinski definition) is 2. The van der Waals surface area contributed by atoms with Gasteiger partial charge in [-0.25, -0.2) is 0 Å². The predicted octanol–water partition coefficient (Wildman–Crippen LogP) is 8.16. The van der Waals surface area contributed by atoms with E-state index in [1.807, 2.05) is 27.2 Å². The molecule has 0 aromatic carbocycles. The zero-order valence-corrected chi connectivity index (χ0v) is 30.5. The van der Waals surface area contributed by atoms with Gasteiger partial charge >= 0.3 is 0 Å². The Morgan fingerprint density at radius 2 is 1.29 bits per heavy atom. The average molecular weight is 657 g/mol. The van der Waals surface area contributed by atoms with E-state index in [1.54, 1.807) is 6.08 Å². The molecule has 3 atom stereocenters. The second-order valence-corrected chi connectivity index (χ2v) is 14.6. The molecule has 0 fully saturated rings. The van der Waals surface area contributed by atoms with Gasteiger partial charge in [-0.15, -0.1) is 0 Å². The molecule has 2 N–H and O–H groups in total. The van der Waals surface area contributed by atoms with Crippen LogP contribution in [0.25, 0.3) is 0 Å². The van der Waals surface area contributed by atoms with Gasteiger partial charge in [0.2, 0.25) is 5.91 Å². The maximum absolute atomic E-state index is 12.7. The highest BCUT2D eigenvalue weighted by Gasteiger charge is 2.23. The van der Waals surface area contributed by atoms with Gasteiger partial charge in [0.1, 0.15) is 13.2 Å². The number of nitrogens with one attached hydrogen (secondary N) is 1. The minimum Gasteiger partial charge on any atom is -0.756 e. The van der Waals surface area contributed by atoms with E-state index in [0.717, 1.165) is 64.2 Å². The highest BCUT2D eigenvalue weighted by molar-refractivity contribution is 7.45. The highest BCUT2D eigenvalue weighted by Crippen LogP contribution is 2.38. The second-order valence-electron chi connectivity index (χ2n) is 13.2. The first-order valence-corrected chi connectivity index (χ1v) is 19.3. The van der Waals surface area contributed by atoms with E-state index < -0.39 is 20.0 Å². The molecule has 0 radical (unpaired) electrons. The maximum Gasteiger partial charge on any atom is 0.268 e. The Morgan fingerprint density at radius 3 is 1.89 bits per heavy atom. The number of carbonyl (C=O) groups excluding carboxylic acids is 1. The molecule has 264 valence electrons. The van der Waals surface area contributed by atoms with E-state index in [-0.39, 0.29) is 19.1 Å². The number of quaternary nitrogens is 1. The Balaban J connectivity index is 4.38. The summed E-state index contributed by atoms with van der Waals surface area (Å²) in [6.07, 6.45) is 32.1. The number of carbonyl (C=O) groups is 1. The molecule has 1 amide bonds. The van der Waals surface area contributed by atoms with Gasteiger partial charge in [-0.1, -0.05) is 115 Å². The Hall–Kier alpha value is -1.28. The van der Waals surface area contributed by atoms with Crippen LogP contribution in [-0.2, 0) is 18.4 Å². The van der Waals surface area contributed by atoms with Gasteiger partial charge in [0.25, 0.3) is 7.82 Å². The third-order valence-electron chi connectivity index (χ3n) is 7.59. The van der Waals surface area contributed by atoms with E-state index in [0.29, 0.717) is 17.4 Å². The zero-order valence-electron chi connectivity index (χ0n) is 29.6. The number of nitrogens with zero attached hydrogens (tertiary/aromatic N) is 1. The maximum atomic E-state index is 12.7. The van der Waals surface area contributed by atoms with E-state index in [4.69, 9.17) is 9.05 Å². The summed E-state index contributed by atoms with van der Waals surface area (Å²) in [5, 5.41) is 13.5. The SMILES string of the molecule is CCCCC/C=C\C/C=C\CCCCCCCCCC(=O)NC(COP(=O)([O-])OCC[N+](C)(C)C)C(O)/C=C/CCCCCC. The third-order valence-corrected chi connectivity index (χ3v) is 8.56. The smallest absolute Gasteiger partial charge is 0.268 e. The number of unbranched alkanes of at least 4 members (excludes halogenated alkanes) is 14. The first kappa shape index (κ1) is 43.7. The molecule has 9 heteroatoms. The Labute approximate surface area is 276 Å². The fourth-order valence-electron chi connectivity index (χ4n) is 4.65. The van der Waals surface area contributed by atoms with Crippen molar-refractivity contribution in [2.24, 2.45) is 0 Å². The van der Waals surface area contributed by atoms with Crippen molar-refractivity contribution in [3.05, 3.63) is 36.5 Å². The van der Waals surface area contributed by atoms with Crippen molar-refractivity contribution in [1.29, 1.82) is 0 Å². The standard InChI is InChI=1S/C36H69N2O6P/c1-6-8-10-12-14-15-16-17-18-19-20-21-22-23-24-26-28-30-36(40)37-34(35(39)29-27-25-13-11-9-7-2)33-44-45(41,42)43-32-31-38(3,4)5/h14-15,17-18,27,29,34-35,39H,6-13,16,19-26,28,30-33H2,1-5H3,(H-,37,40,41,42)/b15-14-,18-17-,29-27+. The summed E-state index contributed by atoms with van der Waals surface area (Å²) < 4.78 is 22.9. The van der Waals surface area contributed by atoms with Crippen LogP contribution in [-0.4, -0.2) is 68.5 Å². The molecule has 0 bridgehead atoms. The van der Waals surface area contributed by atoms with Gasteiger partial charge in [0.05, 0.1) is 39.9 Å². The van der Waals surface area contributed by atoms with Crippen LogP contribution in [0.3, 0.4) is 0 Å². The molecular weight excluding hydrogens is 587 g/mol. The third kappa shape index (κ3) is 31.1. The van der Waals surface area contributed by atoms with Crippen molar-refractivity contribution in [3.8, 4) is 0 Å². The van der Waals surface area contributed by atoms with Gasteiger partial charge in [-0.3, -0.25) is 9.36 Å². The van der Waals surface area contributed by atoms with Crippen LogP contribution in [0, 0.1) is 0 Å². The Morgan fingerprint density at radius 1 is 0.778 bits per heavy atom. The van der Waals surface area contributed by atoms with Crippen LogP contribution in [0.2, 0.25) is 0 Å². The van der Waals surface area contributed by atoms with E-state index in [9.17, 15) is 19.4 Å². The van der Waals surface area contributed by atoms with Crippen molar-refractivity contribution >= 4 is 13.7 Å². The largest absolute Gasteiger partial charge is 0.756 e. The first-order chi connectivity index (χ1) is 21.5. The lowest BCUT2D eigenvalue weighted by molar-refractivity contribution is -0.870. The molecule has 0 aliphatic carbocycles. The second kappa shape index (κ2) is 28.9. The minimum absolute atomic E-state index is 0.00427. The van der Waals surface area contributed by atoms with Crippen LogP contribution < -0.4 is 10.2 Å².